The lowest BCUT2D eigenvalue weighted by Crippen LogP contribution is -2.30. The Morgan fingerprint density at radius 3 is 3.06 bits per heavy atom. The maximum atomic E-state index is 12.1. The Morgan fingerprint density at radius 2 is 2.28 bits per heavy atom. The van der Waals surface area contributed by atoms with Gasteiger partial charge in [-0.3, -0.25) is 4.79 Å². The zero-order valence-corrected chi connectivity index (χ0v) is 11.0. The molecule has 2 aromatic heterocycles. The van der Waals surface area contributed by atoms with E-state index in [9.17, 15) is 4.79 Å². The van der Waals surface area contributed by atoms with Crippen molar-refractivity contribution in [3.63, 3.8) is 0 Å². The van der Waals surface area contributed by atoms with Crippen molar-refractivity contribution < 1.29 is 0 Å². The second-order valence-corrected chi connectivity index (χ2v) is 4.60. The number of nitrogens with zero attached hydrogens (tertiary/aromatic N) is 3. The quantitative estimate of drug-likeness (QED) is 0.837. The SMILES string of the molecule is CCCNC(C)CCn1ccn2nccc2c1=O. The molecule has 0 aliphatic rings. The Hall–Kier alpha value is -1.62. The molecule has 0 saturated heterocycles. The molecule has 0 amide bonds. The Bertz CT molecular complexity index is 557. The van der Waals surface area contributed by atoms with Crippen molar-refractivity contribution in [2.24, 2.45) is 0 Å². The first-order valence-electron chi connectivity index (χ1n) is 6.48. The van der Waals surface area contributed by atoms with E-state index >= 15 is 0 Å². The predicted octanol–water partition coefficient (Wildman–Crippen LogP) is 1.27. The van der Waals surface area contributed by atoms with Gasteiger partial charge >= 0.3 is 0 Å². The number of aryl methyl sites for hydroxylation is 1. The van der Waals surface area contributed by atoms with Crippen molar-refractivity contribution in [2.75, 3.05) is 6.54 Å². The molecule has 0 radical (unpaired) electrons. The van der Waals surface area contributed by atoms with Gasteiger partial charge in [-0.25, -0.2) is 4.52 Å². The van der Waals surface area contributed by atoms with E-state index < -0.39 is 0 Å². The van der Waals surface area contributed by atoms with Crippen LogP contribution in [0.4, 0.5) is 0 Å². The van der Waals surface area contributed by atoms with Crippen LogP contribution in [0.2, 0.25) is 0 Å². The highest BCUT2D eigenvalue weighted by Crippen LogP contribution is 1.98. The van der Waals surface area contributed by atoms with E-state index in [-0.39, 0.29) is 5.56 Å². The van der Waals surface area contributed by atoms with Crippen LogP contribution in [0, 0.1) is 0 Å². The lowest BCUT2D eigenvalue weighted by molar-refractivity contribution is 0.471. The van der Waals surface area contributed by atoms with Crippen LogP contribution in [0.15, 0.2) is 29.5 Å². The molecule has 2 heterocycles. The molecule has 0 saturated carbocycles. The van der Waals surface area contributed by atoms with Crippen LogP contribution in [-0.4, -0.2) is 26.8 Å². The first-order chi connectivity index (χ1) is 8.72. The minimum absolute atomic E-state index is 0.0256. The van der Waals surface area contributed by atoms with E-state index in [1.54, 1.807) is 27.5 Å². The monoisotopic (exact) mass is 248 g/mol. The molecule has 5 nitrogen and oxygen atoms in total. The summed E-state index contributed by atoms with van der Waals surface area (Å²) < 4.78 is 3.36. The third kappa shape index (κ3) is 2.79. The summed E-state index contributed by atoms with van der Waals surface area (Å²) >= 11 is 0. The number of hydrogen-bond donors (Lipinski definition) is 1. The van der Waals surface area contributed by atoms with Crippen LogP contribution in [0.3, 0.4) is 0 Å². The summed E-state index contributed by atoms with van der Waals surface area (Å²) in [5.74, 6) is 0. The number of hydrogen-bond acceptors (Lipinski definition) is 3. The molecule has 2 rings (SSSR count). The molecule has 5 heteroatoms. The number of nitrogens with one attached hydrogen (secondary N) is 1. The van der Waals surface area contributed by atoms with Gasteiger partial charge in [0.05, 0.1) is 6.20 Å². The molecule has 0 bridgehead atoms. The molecule has 0 aliphatic carbocycles. The van der Waals surface area contributed by atoms with Crippen molar-refractivity contribution in [2.45, 2.75) is 39.3 Å². The summed E-state index contributed by atoms with van der Waals surface area (Å²) in [5.41, 5.74) is 0.657. The van der Waals surface area contributed by atoms with Gasteiger partial charge in [-0.2, -0.15) is 5.10 Å². The third-order valence-corrected chi connectivity index (χ3v) is 3.08. The van der Waals surface area contributed by atoms with E-state index in [1.807, 2.05) is 6.20 Å². The Morgan fingerprint density at radius 1 is 1.44 bits per heavy atom. The Balaban J connectivity index is 2.03. The molecule has 18 heavy (non-hydrogen) atoms. The van der Waals surface area contributed by atoms with Gasteiger partial charge < -0.3 is 9.88 Å². The van der Waals surface area contributed by atoms with Gasteiger partial charge in [0, 0.05) is 25.0 Å². The Kier molecular flexibility index (Phi) is 4.15. The summed E-state index contributed by atoms with van der Waals surface area (Å²) in [6.07, 6.45) is 7.35. The predicted molar refractivity (Wildman–Crippen MR) is 71.8 cm³/mol. The average Bonchev–Trinajstić information content (AvgIpc) is 2.84. The van der Waals surface area contributed by atoms with Crippen LogP contribution in [0.1, 0.15) is 26.7 Å². The van der Waals surface area contributed by atoms with Gasteiger partial charge in [0.1, 0.15) is 5.52 Å². The van der Waals surface area contributed by atoms with Gasteiger partial charge in [0.2, 0.25) is 0 Å². The number of rotatable bonds is 6. The highest BCUT2D eigenvalue weighted by Gasteiger charge is 2.05. The van der Waals surface area contributed by atoms with E-state index in [2.05, 4.69) is 24.3 Å². The minimum atomic E-state index is 0.0256. The zero-order chi connectivity index (χ0) is 13.0. The fourth-order valence-electron chi connectivity index (χ4n) is 1.96. The average molecular weight is 248 g/mol. The smallest absolute Gasteiger partial charge is 0.276 e. The molecule has 1 N–H and O–H groups in total. The van der Waals surface area contributed by atoms with Crippen molar-refractivity contribution >= 4 is 5.52 Å². The van der Waals surface area contributed by atoms with Crippen LogP contribution >= 0.6 is 0 Å². The molecule has 2 aromatic rings. The molecule has 0 spiro atoms. The Labute approximate surface area is 106 Å². The minimum Gasteiger partial charge on any atom is -0.314 e. The van der Waals surface area contributed by atoms with E-state index in [0.717, 1.165) is 25.9 Å². The lowest BCUT2D eigenvalue weighted by atomic mass is 10.2. The van der Waals surface area contributed by atoms with Gasteiger partial charge in [0.25, 0.3) is 5.56 Å². The van der Waals surface area contributed by atoms with Crippen molar-refractivity contribution in [3.05, 3.63) is 35.0 Å². The summed E-state index contributed by atoms with van der Waals surface area (Å²) in [5, 5.41) is 7.47. The van der Waals surface area contributed by atoms with Gasteiger partial charge in [-0.05, 0) is 32.4 Å². The first kappa shape index (κ1) is 12.8. The molecule has 1 atom stereocenters. The maximum Gasteiger partial charge on any atom is 0.276 e. The van der Waals surface area contributed by atoms with E-state index in [0.29, 0.717) is 11.6 Å². The highest BCUT2D eigenvalue weighted by molar-refractivity contribution is 5.42. The summed E-state index contributed by atoms with van der Waals surface area (Å²) in [6, 6.07) is 2.18. The van der Waals surface area contributed by atoms with Crippen molar-refractivity contribution in [3.8, 4) is 0 Å². The molecule has 0 aromatic carbocycles. The van der Waals surface area contributed by atoms with Crippen LogP contribution in [-0.2, 0) is 6.54 Å². The molecule has 98 valence electrons. The topological polar surface area (TPSA) is 51.3 Å². The van der Waals surface area contributed by atoms with Crippen LogP contribution < -0.4 is 10.9 Å². The second kappa shape index (κ2) is 5.82. The van der Waals surface area contributed by atoms with Crippen molar-refractivity contribution in [1.82, 2.24) is 19.5 Å². The second-order valence-electron chi connectivity index (χ2n) is 4.60. The summed E-state index contributed by atoms with van der Waals surface area (Å²) in [6.45, 7) is 6.06. The summed E-state index contributed by atoms with van der Waals surface area (Å²) in [4.78, 5) is 12.1. The number of fused-ring (bicyclic) bond motifs is 1. The molecular formula is C13H20N4O. The third-order valence-electron chi connectivity index (χ3n) is 3.08. The van der Waals surface area contributed by atoms with Gasteiger partial charge in [-0.15, -0.1) is 0 Å². The fourth-order valence-corrected chi connectivity index (χ4v) is 1.96. The molecule has 0 aliphatic heterocycles. The number of aromatic nitrogens is 3. The molecular weight excluding hydrogens is 228 g/mol. The van der Waals surface area contributed by atoms with Crippen LogP contribution in [0.5, 0.6) is 0 Å². The maximum absolute atomic E-state index is 12.1. The van der Waals surface area contributed by atoms with E-state index in [4.69, 9.17) is 0 Å². The van der Waals surface area contributed by atoms with Crippen molar-refractivity contribution in [1.29, 1.82) is 0 Å². The summed E-state index contributed by atoms with van der Waals surface area (Å²) in [7, 11) is 0. The standard InChI is InChI=1S/C13H20N4O/c1-3-6-14-11(2)5-8-16-9-10-17-12(13(16)18)4-7-15-17/h4,7,9-11,14H,3,5-6,8H2,1-2H3. The fraction of sp³-hybridized carbons (Fsp3) is 0.538. The lowest BCUT2D eigenvalue weighted by Gasteiger charge is -2.13. The first-order valence-corrected chi connectivity index (χ1v) is 6.48. The van der Waals surface area contributed by atoms with Gasteiger partial charge in [0.15, 0.2) is 0 Å². The molecule has 1 unspecified atom stereocenters. The van der Waals surface area contributed by atoms with Crippen LogP contribution in [0.25, 0.3) is 5.52 Å². The zero-order valence-electron chi connectivity index (χ0n) is 11.0. The van der Waals surface area contributed by atoms with E-state index in [1.165, 1.54) is 0 Å². The normalized spacial score (nSPS) is 13.0. The largest absolute Gasteiger partial charge is 0.314 e. The highest BCUT2D eigenvalue weighted by atomic mass is 16.1. The van der Waals surface area contributed by atoms with Gasteiger partial charge in [-0.1, -0.05) is 6.92 Å². The molecule has 0 fully saturated rings.